The zero-order valence-electron chi connectivity index (χ0n) is 15.8. The van der Waals surface area contributed by atoms with Crippen LogP contribution in [0.4, 0.5) is 0 Å². The van der Waals surface area contributed by atoms with Gasteiger partial charge in [-0.3, -0.25) is 4.99 Å². The standard InChI is InChI=1S/C20H34N4.HI/c1-3-14-24-15-11-19(12-16-24)17-23-20(21-2)22-13-7-10-18-8-5-4-6-9-18;/h4-6,8-9,19H,3,7,10-17H2,1-2H3,(H2,21,22,23);1H. The Hall–Kier alpha value is -0.820. The van der Waals surface area contributed by atoms with Crippen molar-refractivity contribution in [3.05, 3.63) is 35.9 Å². The minimum Gasteiger partial charge on any atom is -0.356 e. The third-order valence-corrected chi connectivity index (χ3v) is 4.81. The van der Waals surface area contributed by atoms with E-state index in [1.54, 1.807) is 0 Å². The summed E-state index contributed by atoms with van der Waals surface area (Å²) in [5.41, 5.74) is 1.40. The summed E-state index contributed by atoms with van der Waals surface area (Å²) in [6.07, 6.45) is 6.11. The molecule has 1 saturated heterocycles. The lowest BCUT2D eigenvalue weighted by Gasteiger charge is -2.32. The van der Waals surface area contributed by atoms with Crippen molar-refractivity contribution in [3.8, 4) is 0 Å². The molecule has 25 heavy (non-hydrogen) atoms. The maximum Gasteiger partial charge on any atom is 0.190 e. The molecule has 2 rings (SSSR count). The maximum atomic E-state index is 4.35. The van der Waals surface area contributed by atoms with Crippen molar-refractivity contribution in [1.82, 2.24) is 15.5 Å². The molecule has 0 aromatic heterocycles. The molecule has 4 nitrogen and oxygen atoms in total. The van der Waals surface area contributed by atoms with Gasteiger partial charge in [-0.25, -0.2) is 0 Å². The van der Waals surface area contributed by atoms with E-state index < -0.39 is 0 Å². The molecule has 0 aliphatic carbocycles. The number of likely N-dealkylation sites (tertiary alicyclic amines) is 1. The van der Waals surface area contributed by atoms with E-state index in [0.717, 1.165) is 37.8 Å². The van der Waals surface area contributed by atoms with Crippen molar-refractivity contribution >= 4 is 29.9 Å². The molecule has 0 radical (unpaired) electrons. The van der Waals surface area contributed by atoms with Gasteiger partial charge in [-0.15, -0.1) is 24.0 Å². The van der Waals surface area contributed by atoms with Crippen LogP contribution in [0.15, 0.2) is 35.3 Å². The molecule has 1 fully saturated rings. The molecule has 0 atom stereocenters. The lowest BCUT2D eigenvalue weighted by Crippen LogP contribution is -2.43. The number of guanidine groups is 1. The fourth-order valence-electron chi connectivity index (χ4n) is 3.34. The number of piperidine rings is 1. The van der Waals surface area contributed by atoms with Gasteiger partial charge in [0, 0.05) is 20.1 Å². The van der Waals surface area contributed by atoms with Crippen LogP contribution in [0.1, 0.15) is 38.2 Å². The number of nitrogens with zero attached hydrogens (tertiary/aromatic N) is 2. The number of hydrogen-bond acceptors (Lipinski definition) is 2. The number of rotatable bonds is 8. The summed E-state index contributed by atoms with van der Waals surface area (Å²) >= 11 is 0. The van der Waals surface area contributed by atoms with E-state index in [9.17, 15) is 0 Å². The number of benzene rings is 1. The van der Waals surface area contributed by atoms with Crippen LogP contribution in [0.3, 0.4) is 0 Å². The van der Waals surface area contributed by atoms with Crippen molar-refractivity contribution in [3.63, 3.8) is 0 Å². The van der Waals surface area contributed by atoms with E-state index in [4.69, 9.17) is 0 Å². The second-order valence-corrected chi connectivity index (χ2v) is 6.75. The number of aliphatic imine (C=N–C) groups is 1. The summed E-state index contributed by atoms with van der Waals surface area (Å²) < 4.78 is 0. The van der Waals surface area contributed by atoms with Gasteiger partial charge in [0.2, 0.25) is 0 Å². The number of aryl methyl sites for hydroxylation is 1. The second kappa shape index (κ2) is 13.4. The van der Waals surface area contributed by atoms with Crippen molar-refractivity contribution in [2.24, 2.45) is 10.9 Å². The normalized spacial score (nSPS) is 16.3. The Morgan fingerprint density at radius 3 is 2.52 bits per heavy atom. The van der Waals surface area contributed by atoms with Crippen LogP contribution in [0.25, 0.3) is 0 Å². The molecule has 1 heterocycles. The van der Waals surface area contributed by atoms with E-state index in [1.807, 2.05) is 7.05 Å². The van der Waals surface area contributed by atoms with Crippen LogP contribution < -0.4 is 10.6 Å². The van der Waals surface area contributed by atoms with Gasteiger partial charge < -0.3 is 15.5 Å². The summed E-state index contributed by atoms with van der Waals surface area (Å²) in [4.78, 5) is 6.94. The summed E-state index contributed by atoms with van der Waals surface area (Å²) in [6, 6.07) is 10.7. The van der Waals surface area contributed by atoms with E-state index in [-0.39, 0.29) is 24.0 Å². The smallest absolute Gasteiger partial charge is 0.190 e. The zero-order valence-corrected chi connectivity index (χ0v) is 18.2. The van der Waals surface area contributed by atoms with Crippen LogP contribution in [-0.2, 0) is 6.42 Å². The van der Waals surface area contributed by atoms with Crippen LogP contribution in [0.5, 0.6) is 0 Å². The molecule has 1 aromatic carbocycles. The van der Waals surface area contributed by atoms with Gasteiger partial charge in [-0.2, -0.15) is 0 Å². The molecule has 1 aromatic rings. The quantitative estimate of drug-likeness (QED) is 0.271. The van der Waals surface area contributed by atoms with Gasteiger partial charge in [0.1, 0.15) is 0 Å². The average molecular weight is 458 g/mol. The van der Waals surface area contributed by atoms with Gasteiger partial charge in [-0.05, 0) is 63.2 Å². The molecule has 0 saturated carbocycles. The Morgan fingerprint density at radius 1 is 1.16 bits per heavy atom. The zero-order chi connectivity index (χ0) is 17.0. The highest BCUT2D eigenvalue weighted by molar-refractivity contribution is 14.0. The fraction of sp³-hybridized carbons (Fsp3) is 0.650. The second-order valence-electron chi connectivity index (χ2n) is 6.75. The number of nitrogens with one attached hydrogen (secondary N) is 2. The minimum absolute atomic E-state index is 0. The first-order chi connectivity index (χ1) is 11.8. The van der Waals surface area contributed by atoms with E-state index in [0.29, 0.717) is 0 Å². The van der Waals surface area contributed by atoms with E-state index in [1.165, 1.54) is 44.5 Å². The first-order valence-electron chi connectivity index (χ1n) is 9.52. The highest BCUT2D eigenvalue weighted by Crippen LogP contribution is 2.16. The summed E-state index contributed by atoms with van der Waals surface area (Å²) in [5.74, 6) is 1.72. The monoisotopic (exact) mass is 458 g/mol. The minimum atomic E-state index is 0. The Morgan fingerprint density at radius 2 is 1.88 bits per heavy atom. The van der Waals surface area contributed by atoms with Crippen LogP contribution in [0, 0.1) is 5.92 Å². The van der Waals surface area contributed by atoms with Crippen LogP contribution >= 0.6 is 24.0 Å². The average Bonchev–Trinajstić information content (AvgIpc) is 2.63. The lowest BCUT2D eigenvalue weighted by molar-refractivity contribution is 0.185. The molecule has 142 valence electrons. The highest BCUT2D eigenvalue weighted by Gasteiger charge is 2.18. The number of hydrogen-bond donors (Lipinski definition) is 2. The molecule has 1 aliphatic rings. The molecule has 5 heteroatoms. The van der Waals surface area contributed by atoms with Gasteiger partial charge in [0.15, 0.2) is 5.96 Å². The Bertz CT molecular complexity index is 470. The van der Waals surface area contributed by atoms with Gasteiger partial charge in [-0.1, -0.05) is 37.3 Å². The highest BCUT2D eigenvalue weighted by atomic mass is 127. The molecule has 0 unspecified atom stereocenters. The summed E-state index contributed by atoms with van der Waals surface area (Å²) in [7, 11) is 1.86. The predicted octanol–water partition coefficient (Wildman–Crippen LogP) is 3.52. The fourth-order valence-corrected chi connectivity index (χ4v) is 3.34. The first-order valence-corrected chi connectivity index (χ1v) is 9.52. The third-order valence-electron chi connectivity index (χ3n) is 4.81. The Kier molecular flexibility index (Phi) is 11.9. The Balaban J connectivity index is 0.00000312. The number of halogens is 1. The first kappa shape index (κ1) is 22.2. The SMILES string of the molecule is CCCN1CCC(CNC(=NC)NCCCc2ccccc2)CC1.I. The van der Waals surface area contributed by atoms with Crippen molar-refractivity contribution in [1.29, 1.82) is 0 Å². The predicted molar refractivity (Wildman–Crippen MR) is 119 cm³/mol. The van der Waals surface area contributed by atoms with Gasteiger partial charge in [0.25, 0.3) is 0 Å². The third kappa shape index (κ3) is 8.90. The lowest BCUT2D eigenvalue weighted by atomic mass is 9.97. The van der Waals surface area contributed by atoms with Crippen LogP contribution in [0.2, 0.25) is 0 Å². The van der Waals surface area contributed by atoms with Crippen molar-refractivity contribution < 1.29 is 0 Å². The molecule has 0 spiro atoms. The maximum absolute atomic E-state index is 4.35. The van der Waals surface area contributed by atoms with E-state index >= 15 is 0 Å². The van der Waals surface area contributed by atoms with Crippen LogP contribution in [-0.4, -0.2) is 50.6 Å². The van der Waals surface area contributed by atoms with Gasteiger partial charge in [0.05, 0.1) is 0 Å². The summed E-state index contributed by atoms with van der Waals surface area (Å²) in [6.45, 7) is 8.03. The molecule has 0 amide bonds. The molecule has 2 N–H and O–H groups in total. The molecular formula is C20H35IN4. The molecular weight excluding hydrogens is 423 g/mol. The van der Waals surface area contributed by atoms with Crippen molar-refractivity contribution in [2.45, 2.75) is 39.0 Å². The van der Waals surface area contributed by atoms with Crippen molar-refractivity contribution in [2.75, 3.05) is 39.8 Å². The molecule has 1 aliphatic heterocycles. The Labute approximate surface area is 170 Å². The summed E-state index contributed by atoms with van der Waals surface area (Å²) in [5, 5.41) is 6.94. The molecule has 0 bridgehead atoms. The largest absolute Gasteiger partial charge is 0.356 e. The topological polar surface area (TPSA) is 39.7 Å². The van der Waals surface area contributed by atoms with Gasteiger partial charge >= 0.3 is 0 Å². The van der Waals surface area contributed by atoms with E-state index in [2.05, 4.69) is 57.8 Å².